The van der Waals surface area contributed by atoms with Gasteiger partial charge < -0.3 is 4.74 Å². The molecule has 0 atom stereocenters. The predicted octanol–water partition coefficient (Wildman–Crippen LogP) is 4.54. The second-order valence-corrected chi connectivity index (χ2v) is 4.77. The van der Waals surface area contributed by atoms with Gasteiger partial charge in [-0.05, 0) is 62.2 Å². The molecule has 16 heavy (non-hydrogen) atoms. The predicted molar refractivity (Wildman–Crippen MR) is 66.1 cm³/mol. The van der Waals surface area contributed by atoms with Crippen LogP contribution < -0.4 is 4.74 Å². The van der Waals surface area contributed by atoms with Crippen molar-refractivity contribution in [3.05, 3.63) is 51.3 Å². The third-order valence-electron chi connectivity index (χ3n) is 1.80. The van der Waals surface area contributed by atoms with Gasteiger partial charge in [0.2, 0.25) is 5.88 Å². The summed E-state index contributed by atoms with van der Waals surface area (Å²) in [6, 6.07) is 7.59. The fourth-order valence-electron chi connectivity index (χ4n) is 1.09. The number of ether oxygens (including phenoxy) is 1. The molecule has 0 N–H and O–H groups in total. The number of aromatic nitrogens is 1. The van der Waals surface area contributed by atoms with Crippen LogP contribution in [-0.4, -0.2) is 4.98 Å². The SMILES string of the molecule is Fc1ccc(Oc2ncc(Br)cc2Br)cc1. The smallest absolute Gasteiger partial charge is 0.233 e. The third kappa shape index (κ3) is 2.80. The van der Waals surface area contributed by atoms with Crippen molar-refractivity contribution < 1.29 is 9.13 Å². The molecule has 5 heteroatoms. The Labute approximate surface area is 109 Å². The van der Waals surface area contributed by atoms with Crippen LogP contribution in [-0.2, 0) is 0 Å². The summed E-state index contributed by atoms with van der Waals surface area (Å²) in [7, 11) is 0. The fraction of sp³-hybridized carbons (Fsp3) is 0. The molecule has 2 rings (SSSR count). The van der Waals surface area contributed by atoms with E-state index in [1.54, 1.807) is 18.3 Å². The van der Waals surface area contributed by atoms with Crippen molar-refractivity contribution in [1.82, 2.24) is 4.98 Å². The first-order valence-corrected chi connectivity index (χ1v) is 5.98. The maximum atomic E-state index is 12.7. The van der Waals surface area contributed by atoms with Gasteiger partial charge in [0, 0.05) is 10.7 Å². The highest BCUT2D eigenvalue weighted by Crippen LogP contribution is 2.29. The Morgan fingerprint density at radius 1 is 1.12 bits per heavy atom. The van der Waals surface area contributed by atoms with Gasteiger partial charge >= 0.3 is 0 Å². The van der Waals surface area contributed by atoms with Crippen molar-refractivity contribution in [3.8, 4) is 11.6 Å². The van der Waals surface area contributed by atoms with Crippen molar-refractivity contribution in [3.63, 3.8) is 0 Å². The molecule has 0 aliphatic heterocycles. The van der Waals surface area contributed by atoms with E-state index in [-0.39, 0.29) is 5.82 Å². The van der Waals surface area contributed by atoms with Crippen molar-refractivity contribution in [2.45, 2.75) is 0 Å². The topological polar surface area (TPSA) is 22.1 Å². The van der Waals surface area contributed by atoms with Crippen LogP contribution in [0, 0.1) is 5.82 Å². The van der Waals surface area contributed by atoms with Gasteiger partial charge in [0.25, 0.3) is 0 Å². The van der Waals surface area contributed by atoms with E-state index in [1.165, 1.54) is 12.1 Å². The molecular weight excluding hydrogens is 341 g/mol. The molecule has 0 radical (unpaired) electrons. The first kappa shape index (κ1) is 11.5. The molecular formula is C11H6Br2FNO. The molecule has 2 nitrogen and oxygen atoms in total. The van der Waals surface area contributed by atoms with Crippen LogP contribution in [0.2, 0.25) is 0 Å². The van der Waals surface area contributed by atoms with E-state index < -0.39 is 0 Å². The highest BCUT2D eigenvalue weighted by molar-refractivity contribution is 9.11. The second-order valence-electron chi connectivity index (χ2n) is 3.00. The molecule has 0 bridgehead atoms. The number of pyridine rings is 1. The van der Waals surface area contributed by atoms with Crippen LogP contribution >= 0.6 is 31.9 Å². The minimum Gasteiger partial charge on any atom is -0.438 e. The minimum atomic E-state index is -0.296. The van der Waals surface area contributed by atoms with Crippen LogP contribution in [0.5, 0.6) is 11.6 Å². The molecule has 0 saturated carbocycles. The average molecular weight is 347 g/mol. The van der Waals surface area contributed by atoms with Gasteiger partial charge in [-0.15, -0.1) is 0 Å². The molecule has 1 aromatic carbocycles. The Morgan fingerprint density at radius 3 is 2.44 bits per heavy atom. The van der Waals surface area contributed by atoms with Gasteiger partial charge in [0.05, 0.1) is 4.47 Å². The summed E-state index contributed by atoms with van der Waals surface area (Å²) in [5.41, 5.74) is 0. The van der Waals surface area contributed by atoms with Crippen LogP contribution in [0.1, 0.15) is 0 Å². The zero-order valence-electron chi connectivity index (χ0n) is 7.95. The Hall–Kier alpha value is -0.940. The molecule has 0 aliphatic carbocycles. The van der Waals surface area contributed by atoms with Crippen LogP contribution in [0.3, 0.4) is 0 Å². The van der Waals surface area contributed by atoms with Crippen molar-refractivity contribution in [2.75, 3.05) is 0 Å². The summed E-state index contributed by atoms with van der Waals surface area (Å²) >= 11 is 6.62. The molecule has 0 fully saturated rings. The molecule has 0 amide bonds. The maximum absolute atomic E-state index is 12.7. The monoisotopic (exact) mass is 345 g/mol. The van der Waals surface area contributed by atoms with Gasteiger partial charge in [-0.3, -0.25) is 0 Å². The van der Waals surface area contributed by atoms with E-state index in [0.29, 0.717) is 11.6 Å². The maximum Gasteiger partial charge on any atom is 0.233 e. The molecule has 82 valence electrons. The van der Waals surface area contributed by atoms with Crippen molar-refractivity contribution in [2.24, 2.45) is 0 Å². The first-order valence-electron chi connectivity index (χ1n) is 4.39. The van der Waals surface area contributed by atoms with Crippen molar-refractivity contribution in [1.29, 1.82) is 0 Å². The lowest BCUT2D eigenvalue weighted by Crippen LogP contribution is -1.89. The summed E-state index contributed by atoms with van der Waals surface area (Å²) in [6.45, 7) is 0. The number of hydrogen-bond acceptors (Lipinski definition) is 2. The Balaban J connectivity index is 2.23. The summed E-state index contributed by atoms with van der Waals surface area (Å²) in [5, 5.41) is 0. The molecule has 0 aliphatic rings. The number of nitrogens with zero attached hydrogens (tertiary/aromatic N) is 1. The molecule has 2 aromatic rings. The number of benzene rings is 1. The highest BCUT2D eigenvalue weighted by Gasteiger charge is 2.04. The first-order chi connectivity index (χ1) is 7.65. The summed E-state index contributed by atoms with van der Waals surface area (Å²) in [5.74, 6) is 0.682. The number of rotatable bonds is 2. The Morgan fingerprint density at radius 2 is 1.81 bits per heavy atom. The van der Waals surface area contributed by atoms with Gasteiger partial charge in [0.15, 0.2) is 0 Å². The molecule has 1 aromatic heterocycles. The average Bonchev–Trinajstić information content (AvgIpc) is 2.25. The quantitative estimate of drug-likeness (QED) is 0.796. The van der Waals surface area contributed by atoms with Gasteiger partial charge in [-0.1, -0.05) is 0 Å². The Bertz CT molecular complexity index is 502. The van der Waals surface area contributed by atoms with E-state index in [9.17, 15) is 4.39 Å². The summed E-state index contributed by atoms with van der Waals surface area (Å²) in [4.78, 5) is 4.09. The van der Waals surface area contributed by atoms with E-state index >= 15 is 0 Å². The summed E-state index contributed by atoms with van der Waals surface area (Å²) in [6.07, 6.45) is 1.63. The lowest BCUT2D eigenvalue weighted by molar-refractivity contribution is 0.458. The number of hydrogen-bond donors (Lipinski definition) is 0. The van der Waals surface area contributed by atoms with E-state index in [0.717, 1.165) is 8.95 Å². The van der Waals surface area contributed by atoms with Crippen LogP contribution in [0.15, 0.2) is 45.5 Å². The molecule has 0 spiro atoms. The van der Waals surface area contributed by atoms with Crippen molar-refractivity contribution >= 4 is 31.9 Å². The Kier molecular flexibility index (Phi) is 3.56. The van der Waals surface area contributed by atoms with Crippen LogP contribution in [0.4, 0.5) is 4.39 Å². The van der Waals surface area contributed by atoms with E-state index in [1.807, 2.05) is 6.07 Å². The van der Waals surface area contributed by atoms with E-state index in [4.69, 9.17) is 4.74 Å². The van der Waals surface area contributed by atoms with Crippen LogP contribution in [0.25, 0.3) is 0 Å². The van der Waals surface area contributed by atoms with Gasteiger partial charge in [-0.25, -0.2) is 9.37 Å². The van der Waals surface area contributed by atoms with Gasteiger partial charge in [0.1, 0.15) is 11.6 Å². The zero-order valence-corrected chi connectivity index (χ0v) is 11.1. The molecule has 1 heterocycles. The largest absolute Gasteiger partial charge is 0.438 e. The van der Waals surface area contributed by atoms with E-state index in [2.05, 4.69) is 36.8 Å². The lowest BCUT2D eigenvalue weighted by atomic mass is 10.3. The second kappa shape index (κ2) is 4.93. The zero-order chi connectivity index (χ0) is 11.5. The fourth-order valence-corrected chi connectivity index (χ4v) is 2.16. The normalized spacial score (nSPS) is 10.2. The third-order valence-corrected chi connectivity index (χ3v) is 2.80. The number of halogens is 3. The molecule has 0 saturated heterocycles. The summed E-state index contributed by atoms with van der Waals surface area (Å²) < 4.78 is 19.7. The highest BCUT2D eigenvalue weighted by atomic mass is 79.9. The van der Waals surface area contributed by atoms with Gasteiger partial charge in [-0.2, -0.15) is 0 Å². The lowest BCUT2D eigenvalue weighted by Gasteiger charge is -2.06. The minimum absolute atomic E-state index is 0.296. The molecule has 0 unspecified atom stereocenters. The standard InChI is InChI=1S/C11H6Br2FNO/c12-7-5-10(13)11(15-6-7)16-9-3-1-8(14)2-4-9/h1-6H.